The smallest absolute Gasteiger partial charge is 0.140 e. The van der Waals surface area contributed by atoms with Crippen molar-refractivity contribution in [3.63, 3.8) is 0 Å². The molecule has 0 aromatic carbocycles. The fourth-order valence-corrected chi connectivity index (χ4v) is 1.83. The van der Waals surface area contributed by atoms with Gasteiger partial charge in [0, 0.05) is 12.0 Å². The Morgan fingerprint density at radius 3 is 2.36 bits per heavy atom. The highest BCUT2D eigenvalue weighted by atomic mass is 35.5. The standard InChI is InChI=1S/C11H18ClNO/c1-7(2)5-10-11(8(3)4)9(6-12)13-14-10/h7-8H,5-6H2,1-4H3. The van der Waals surface area contributed by atoms with Gasteiger partial charge in [0.1, 0.15) is 11.5 Å². The van der Waals surface area contributed by atoms with Crippen molar-refractivity contribution in [1.82, 2.24) is 5.16 Å². The van der Waals surface area contributed by atoms with Gasteiger partial charge in [-0.25, -0.2) is 0 Å². The maximum Gasteiger partial charge on any atom is 0.140 e. The molecule has 1 aromatic heterocycles. The first kappa shape index (κ1) is 11.6. The third kappa shape index (κ3) is 2.50. The van der Waals surface area contributed by atoms with Crippen LogP contribution in [0, 0.1) is 5.92 Å². The van der Waals surface area contributed by atoms with Crippen LogP contribution >= 0.6 is 11.6 Å². The first-order chi connectivity index (χ1) is 6.56. The Morgan fingerprint density at radius 1 is 1.29 bits per heavy atom. The third-order valence-electron chi connectivity index (χ3n) is 2.17. The van der Waals surface area contributed by atoms with Crippen molar-refractivity contribution in [1.29, 1.82) is 0 Å². The lowest BCUT2D eigenvalue weighted by atomic mass is 9.97. The molecule has 0 amide bonds. The molecule has 0 spiro atoms. The number of alkyl halides is 1. The molecule has 1 aromatic rings. The number of hydrogen-bond acceptors (Lipinski definition) is 2. The van der Waals surface area contributed by atoms with Crippen molar-refractivity contribution in [2.75, 3.05) is 0 Å². The van der Waals surface area contributed by atoms with Gasteiger partial charge in [0.2, 0.25) is 0 Å². The van der Waals surface area contributed by atoms with E-state index in [-0.39, 0.29) is 0 Å². The van der Waals surface area contributed by atoms with Crippen molar-refractivity contribution >= 4 is 11.6 Å². The molecule has 0 aliphatic carbocycles. The van der Waals surface area contributed by atoms with E-state index in [2.05, 4.69) is 32.9 Å². The molecule has 3 heteroatoms. The monoisotopic (exact) mass is 215 g/mol. The average Bonchev–Trinajstić information content (AvgIpc) is 2.46. The molecule has 14 heavy (non-hydrogen) atoms. The molecule has 1 heterocycles. The Hall–Kier alpha value is -0.500. The average molecular weight is 216 g/mol. The largest absolute Gasteiger partial charge is 0.361 e. The van der Waals surface area contributed by atoms with E-state index in [4.69, 9.17) is 16.1 Å². The Morgan fingerprint density at radius 2 is 1.93 bits per heavy atom. The van der Waals surface area contributed by atoms with E-state index >= 15 is 0 Å². The van der Waals surface area contributed by atoms with Gasteiger partial charge in [-0.2, -0.15) is 0 Å². The van der Waals surface area contributed by atoms with E-state index in [1.165, 1.54) is 5.56 Å². The third-order valence-corrected chi connectivity index (χ3v) is 2.43. The van der Waals surface area contributed by atoms with Gasteiger partial charge in [0.05, 0.1) is 5.88 Å². The molecule has 2 nitrogen and oxygen atoms in total. The number of rotatable bonds is 4. The van der Waals surface area contributed by atoms with Crippen LogP contribution in [0.15, 0.2) is 4.52 Å². The minimum absolute atomic E-state index is 0.434. The number of aromatic nitrogens is 1. The number of nitrogens with zero attached hydrogens (tertiary/aromatic N) is 1. The quantitative estimate of drug-likeness (QED) is 0.716. The first-order valence-corrected chi connectivity index (χ1v) is 5.63. The van der Waals surface area contributed by atoms with E-state index in [0.29, 0.717) is 17.7 Å². The molecule has 0 fully saturated rings. The molecule has 0 saturated heterocycles. The molecular formula is C11H18ClNO. The zero-order chi connectivity index (χ0) is 10.7. The molecule has 0 unspecified atom stereocenters. The second-order valence-electron chi connectivity index (χ2n) is 4.35. The maximum atomic E-state index is 5.80. The summed E-state index contributed by atoms with van der Waals surface area (Å²) in [5.74, 6) is 2.47. The molecule has 80 valence electrons. The van der Waals surface area contributed by atoms with Crippen LogP contribution in [0.25, 0.3) is 0 Å². The molecule has 0 bridgehead atoms. The summed E-state index contributed by atoms with van der Waals surface area (Å²) in [5, 5.41) is 4.00. The maximum absolute atomic E-state index is 5.80. The molecule has 0 saturated carbocycles. The summed E-state index contributed by atoms with van der Waals surface area (Å²) in [6.07, 6.45) is 0.942. The van der Waals surface area contributed by atoms with E-state index in [0.717, 1.165) is 17.9 Å². The van der Waals surface area contributed by atoms with Gasteiger partial charge in [-0.1, -0.05) is 32.9 Å². The van der Waals surface area contributed by atoms with Crippen LogP contribution in [-0.4, -0.2) is 5.16 Å². The van der Waals surface area contributed by atoms with Crippen LogP contribution in [0.2, 0.25) is 0 Å². The molecule has 1 rings (SSSR count). The highest BCUT2D eigenvalue weighted by Gasteiger charge is 2.18. The van der Waals surface area contributed by atoms with Gasteiger partial charge in [-0.15, -0.1) is 11.6 Å². The lowest BCUT2D eigenvalue weighted by molar-refractivity contribution is 0.363. The highest BCUT2D eigenvalue weighted by molar-refractivity contribution is 6.17. The van der Waals surface area contributed by atoms with Gasteiger partial charge in [0.25, 0.3) is 0 Å². The van der Waals surface area contributed by atoms with Crippen molar-refractivity contribution < 1.29 is 4.52 Å². The fraction of sp³-hybridized carbons (Fsp3) is 0.727. The Kier molecular flexibility index (Phi) is 3.99. The summed E-state index contributed by atoms with van der Waals surface area (Å²) in [4.78, 5) is 0. The van der Waals surface area contributed by atoms with Gasteiger partial charge in [-0.3, -0.25) is 0 Å². The lowest BCUT2D eigenvalue weighted by Crippen LogP contribution is -1.99. The predicted molar refractivity (Wildman–Crippen MR) is 58.7 cm³/mol. The highest BCUT2D eigenvalue weighted by Crippen LogP contribution is 2.26. The Labute approximate surface area is 90.6 Å². The van der Waals surface area contributed by atoms with Crippen molar-refractivity contribution in [2.45, 2.75) is 45.9 Å². The fourth-order valence-electron chi connectivity index (χ4n) is 1.64. The van der Waals surface area contributed by atoms with Gasteiger partial charge < -0.3 is 4.52 Å². The van der Waals surface area contributed by atoms with E-state index in [1.807, 2.05) is 0 Å². The van der Waals surface area contributed by atoms with Crippen LogP contribution in [0.3, 0.4) is 0 Å². The van der Waals surface area contributed by atoms with E-state index < -0.39 is 0 Å². The van der Waals surface area contributed by atoms with Crippen LogP contribution in [0.1, 0.15) is 50.6 Å². The zero-order valence-electron chi connectivity index (χ0n) is 9.30. The van der Waals surface area contributed by atoms with Crippen molar-refractivity contribution in [3.8, 4) is 0 Å². The molecule has 0 aliphatic heterocycles. The second-order valence-corrected chi connectivity index (χ2v) is 4.62. The minimum atomic E-state index is 0.434. The molecule has 0 radical (unpaired) electrons. The summed E-state index contributed by atoms with van der Waals surface area (Å²) in [5.41, 5.74) is 2.10. The van der Waals surface area contributed by atoms with Gasteiger partial charge in [0.15, 0.2) is 0 Å². The van der Waals surface area contributed by atoms with Crippen LogP contribution in [0.4, 0.5) is 0 Å². The predicted octanol–water partition coefficient (Wildman–Crippen LogP) is 3.74. The first-order valence-electron chi connectivity index (χ1n) is 5.09. The lowest BCUT2D eigenvalue weighted by Gasteiger charge is -2.07. The van der Waals surface area contributed by atoms with Gasteiger partial charge in [-0.05, 0) is 11.8 Å². The summed E-state index contributed by atoms with van der Waals surface area (Å²) in [6.45, 7) is 8.64. The summed E-state index contributed by atoms with van der Waals surface area (Å²) in [7, 11) is 0. The molecule has 0 aliphatic rings. The van der Waals surface area contributed by atoms with Crippen molar-refractivity contribution in [2.24, 2.45) is 5.92 Å². The number of hydrogen-bond donors (Lipinski definition) is 0. The van der Waals surface area contributed by atoms with Gasteiger partial charge >= 0.3 is 0 Å². The van der Waals surface area contributed by atoms with Crippen LogP contribution < -0.4 is 0 Å². The van der Waals surface area contributed by atoms with Crippen molar-refractivity contribution in [3.05, 3.63) is 17.0 Å². The Balaban J connectivity index is 2.98. The normalized spacial score (nSPS) is 11.6. The molecule has 0 atom stereocenters. The number of halogens is 1. The minimum Gasteiger partial charge on any atom is -0.361 e. The van der Waals surface area contributed by atoms with Crippen LogP contribution in [0.5, 0.6) is 0 Å². The topological polar surface area (TPSA) is 26.0 Å². The summed E-state index contributed by atoms with van der Waals surface area (Å²) < 4.78 is 5.32. The van der Waals surface area contributed by atoms with E-state index in [1.54, 1.807) is 0 Å². The SMILES string of the molecule is CC(C)Cc1onc(CCl)c1C(C)C. The summed E-state index contributed by atoms with van der Waals surface area (Å²) >= 11 is 5.80. The zero-order valence-corrected chi connectivity index (χ0v) is 10.1. The molecule has 0 N–H and O–H groups in total. The van der Waals surface area contributed by atoms with Crippen LogP contribution in [-0.2, 0) is 12.3 Å². The van der Waals surface area contributed by atoms with E-state index in [9.17, 15) is 0 Å². The molecular weight excluding hydrogens is 198 g/mol. The Bertz CT molecular complexity index is 291. The summed E-state index contributed by atoms with van der Waals surface area (Å²) in [6, 6.07) is 0. The second kappa shape index (κ2) is 4.83.